The van der Waals surface area contributed by atoms with E-state index in [0.717, 1.165) is 73.8 Å². The maximum atomic E-state index is 7.03. The van der Waals surface area contributed by atoms with E-state index in [1.807, 2.05) is 7.05 Å². The lowest BCUT2D eigenvalue weighted by Crippen LogP contribution is -2.63. The molecule has 3 heterocycles. The monoisotopic (exact) mass is 419 g/mol. The van der Waals surface area contributed by atoms with Gasteiger partial charge < -0.3 is 20.3 Å². The van der Waals surface area contributed by atoms with E-state index in [4.69, 9.17) is 16.3 Å². The molecular weight excluding hydrogens is 386 g/mol. The fraction of sp³-hybridized carbons (Fsp3) is 0.636. The average molecular weight is 420 g/mol. The Kier molecular flexibility index (Phi) is 6.66. The Labute approximate surface area is 179 Å². The van der Waals surface area contributed by atoms with Crippen LogP contribution in [-0.4, -0.2) is 57.2 Å². The lowest BCUT2D eigenvalue weighted by molar-refractivity contribution is 0.249. The molecule has 0 radical (unpaired) electrons. The highest BCUT2D eigenvalue weighted by molar-refractivity contribution is 6.35. The number of anilines is 1. The number of hydrogen-bond acceptors (Lipinski definition) is 6. The summed E-state index contributed by atoms with van der Waals surface area (Å²) in [7, 11) is 4.16. The van der Waals surface area contributed by atoms with Crippen LogP contribution in [0.5, 0.6) is 5.75 Å². The van der Waals surface area contributed by atoms with Gasteiger partial charge in [0.15, 0.2) is 0 Å². The Morgan fingerprint density at radius 3 is 2.93 bits per heavy atom. The van der Waals surface area contributed by atoms with Crippen LogP contribution in [0, 0.1) is 0 Å². The largest absolute Gasteiger partial charge is 0.493 e. The van der Waals surface area contributed by atoms with Crippen molar-refractivity contribution in [3.63, 3.8) is 0 Å². The van der Waals surface area contributed by atoms with Crippen LogP contribution in [0.2, 0.25) is 5.02 Å². The summed E-state index contributed by atoms with van der Waals surface area (Å²) in [6.07, 6.45) is 7.83. The number of hydrogen-bond donors (Lipinski definition) is 4. The van der Waals surface area contributed by atoms with Gasteiger partial charge in [-0.1, -0.05) is 17.7 Å². The summed E-state index contributed by atoms with van der Waals surface area (Å²) in [6.45, 7) is 5.03. The van der Waals surface area contributed by atoms with Gasteiger partial charge >= 0.3 is 0 Å². The molecule has 0 aromatic heterocycles. The van der Waals surface area contributed by atoms with Gasteiger partial charge in [0.2, 0.25) is 0 Å². The molecule has 0 bridgehead atoms. The lowest BCUT2D eigenvalue weighted by Gasteiger charge is -2.37. The highest BCUT2D eigenvalue weighted by atomic mass is 35.5. The molecule has 160 valence electrons. The van der Waals surface area contributed by atoms with E-state index in [1.54, 1.807) is 0 Å². The lowest BCUT2D eigenvalue weighted by atomic mass is 9.94. The molecule has 4 rings (SSSR count). The van der Waals surface area contributed by atoms with E-state index in [0.29, 0.717) is 6.04 Å². The van der Waals surface area contributed by atoms with E-state index in [-0.39, 0.29) is 12.5 Å². The standard InChI is InChI=1S/C22H34ClN5O/c1-14-12-18(24-2)27-22(25-14)26-17-13-16-7-5-11-29-21(16)19(20(17)23)15-6-4-9-28(3)10-8-15/h8,13-14,18,22,24-27H,4-7,9-12H2,1-3H3. The Balaban J connectivity index is 1.68. The van der Waals surface area contributed by atoms with Crippen LogP contribution in [-0.2, 0) is 6.42 Å². The first-order chi connectivity index (χ1) is 14.0. The number of rotatable bonds is 4. The van der Waals surface area contributed by atoms with Gasteiger partial charge in [-0.05, 0) is 76.9 Å². The number of halogens is 1. The molecule has 3 aliphatic heterocycles. The van der Waals surface area contributed by atoms with Gasteiger partial charge in [-0.15, -0.1) is 0 Å². The van der Waals surface area contributed by atoms with E-state index < -0.39 is 0 Å². The van der Waals surface area contributed by atoms with E-state index >= 15 is 0 Å². The second-order valence-corrected chi connectivity index (χ2v) is 8.92. The SMILES string of the molecule is CNC1CC(C)NC(Nc2cc3c(c(C4=CCN(C)CCC4)c2Cl)OCCC3)N1. The molecule has 3 aliphatic rings. The number of ether oxygens (including phenoxy) is 1. The van der Waals surface area contributed by atoms with Crippen molar-refractivity contribution < 1.29 is 4.74 Å². The normalized spacial score (nSPS) is 28.1. The van der Waals surface area contributed by atoms with E-state index in [2.05, 4.69) is 52.3 Å². The maximum absolute atomic E-state index is 7.03. The van der Waals surface area contributed by atoms with Crippen molar-refractivity contribution in [3.8, 4) is 5.75 Å². The summed E-state index contributed by atoms with van der Waals surface area (Å²) in [5, 5.41) is 14.8. The molecule has 6 nitrogen and oxygen atoms in total. The summed E-state index contributed by atoms with van der Waals surface area (Å²) in [5.74, 6) is 0.994. The van der Waals surface area contributed by atoms with Gasteiger partial charge in [-0.3, -0.25) is 10.6 Å². The zero-order valence-corrected chi connectivity index (χ0v) is 18.5. The first-order valence-electron chi connectivity index (χ1n) is 10.9. The molecule has 3 atom stereocenters. The molecule has 7 heteroatoms. The Morgan fingerprint density at radius 2 is 2.10 bits per heavy atom. The Hall–Kier alpha value is -1.31. The van der Waals surface area contributed by atoms with Crippen LogP contribution < -0.4 is 26.0 Å². The highest BCUT2D eigenvalue weighted by Gasteiger charge is 2.28. The van der Waals surface area contributed by atoms with Crippen LogP contribution in [0.3, 0.4) is 0 Å². The third kappa shape index (κ3) is 4.72. The Morgan fingerprint density at radius 1 is 1.24 bits per heavy atom. The van der Waals surface area contributed by atoms with Crippen molar-refractivity contribution in [1.29, 1.82) is 0 Å². The Bertz CT molecular complexity index is 768. The fourth-order valence-corrected chi connectivity index (χ4v) is 4.88. The summed E-state index contributed by atoms with van der Waals surface area (Å²) in [6, 6.07) is 2.59. The third-order valence-corrected chi connectivity index (χ3v) is 6.54. The van der Waals surface area contributed by atoms with Crippen molar-refractivity contribution >= 4 is 22.9 Å². The average Bonchev–Trinajstić information content (AvgIpc) is 2.92. The van der Waals surface area contributed by atoms with Crippen LogP contribution in [0.4, 0.5) is 5.69 Å². The molecule has 0 aliphatic carbocycles. The van der Waals surface area contributed by atoms with Gasteiger partial charge in [-0.2, -0.15) is 0 Å². The van der Waals surface area contributed by atoms with Gasteiger partial charge in [-0.25, -0.2) is 0 Å². The van der Waals surface area contributed by atoms with Crippen molar-refractivity contribution in [1.82, 2.24) is 20.9 Å². The molecule has 0 amide bonds. The number of nitrogens with one attached hydrogen (secondary N) is 4. The van der Waals surface area contributed by atoms with Gasteiger partial charge in [0.1, 0.15) is 12.0 Å². The predicted octanol–water partition coefficient (Wildman–Crippen LogP) is 2.99. The van der Waals surface area contributed by atoms with Crippen molar-refractivity contribution in [3.05, 3.63) is 28.3 Å². The van der Waals surface area contributed by atoms with Crippen molar-refractivity contribution in [2.75, 3.05) is 39.1 Å². The predicted molar refractivity (Wildman–Crippen MR) is 121 cm³/mol. The molecule has 0 spiro atoms. The van der Waals surface area contributed by atoms with Crippen LogP contribution in [0.15, 0.2) is 12.1 Å². The summed E-state index contributed by atoms with van der Waals surface area (Å²) >= 11 is 7.03. The molecule has 3 unspecified atom stereocenters. The molecule has 1 aromatic carbocycles. The van der Waals surface area contributed by atoms with Crippen LogP contribution in [0.25, 0.3) is 5.57 Å². The number of likely N-dealkylation sites (N-methyl/N-ethyl adjacent to an activating group) is 1. The molecule has 0 saturated carbocycles. The summed E-state index contributed by atoms with van der Waals surface area (Å²) in [5.41, 5.74) is 4.63. The molecule has 29 heavy (non-hydrogen) atoms. The molecule has 1 saturated heterocycles. The minimum Gasteiger partial charge on any atom is -0.493 e. The van der Waals surface area contributed by atoms with E-state index in [9.17, 15) is 0 Å². The van der Waals surface area contributed by atoms with Gasteiger partial charge in [0.05, 0.1) is 23.5 Å². The number of nitrogens with zero attached hydrogens (tertiary/aromatic N) is 1. The maximum Gasteiger partial charge on any atom is 0.133 e. The van der Waals surface area contributed by atoms with E-state index in [1.165, 1.54) is 11.1 Å². The second kappa shape index (κ2) is 9.23. The summed E-state index contributed by atoms with van der Waals surface area (Å²) in [4.78, 5) is 2.35. The molecule has 4 N–H and O–H groups in total. The zero-order chi connectivity index (χ0) is 20.4. The number of aryl methyl sites for hydroxylation is 1. The number of allylic oxidation sites excluding steroid dienone is 1. The van der Waals surface area contributed by atoms with Crippen LogP contribution >= 0.6 is 11.6 Å². The highest BCUT2D eigenvalue weighted by Crippen LogP contribution is 2.44. The third-order valence-electron chi connectivity index (χ3n) is 6.14. The minimum absolute atomic E-state index is 0.0432. The molecule has 1 fully saturated rings. The van der Waals surface area contributed by atoms with Crippen molar-refractivity contribution in [2.45, 2.75) is 57.5 Å². The second-order valence-electron chi connectivity index (χ2n) is 8.54. The first-order valence-corrected chi connectivity index (χ1v) is 11.2. The van der Waals surface area contributed by atoms with Gasteiger partial charge in [0.25, 0.3) is 0 Å². The topological polar surface area (TPSA) is 60.6 Å². The van der Waals surface area contributed by atoms with Gasteiger partial charge in [0, 0.05) is 18.2 Å². The fourth-order valence-electron chi connectivity index (χ4n) is 4.57. The first kappa shape index (κ1) is 20.9. The molecule has 1 aromatic rings. The van der Waals surface area contributed by atoms with Crippen LogP contribution in [0.1, 0.15) is 43.7 Å². The zero-order valence-electron chi connectivity index (χ0n) is 17.8. The quantitative estimate of drug-likeness (QED) is 0.602. The summed E-state index contributed by atoms with van der Waals surface area (Å²) < 4.78 is 6.14. The molecular formula is C22H34ClN5O. The number of benzene rings is 1. The minimum atomic E-state index is -0.0432. The smallest absolute Gasteiger partial charge is 0.133 e. The van der Waals surface area contributed by atoms with Crippen molar-refractivity contribution in [2.24, 2.45) is 0 Å². The number of fused-ring (bicyclic) bond motifs is 1.